The highest BCUT2D eigenvalue weighted by atomic mass is 16.6. The Bertz CT molecular complexity index is 819. The number of nitrogens with zero attached hydrogens (tertiary/aromatic N) is 3. The zero-order valence-electron chi connectivity index (χ0n) is 16.9. The molecule has 1 amide bonds. The van der Waals surface area contributed by atoms with Gasteiger partial charge in [0, 0.05) is 31.4 Å². The number of ether oxygens (including phenoxy) is 2. The summed E-state index contributed by atoms with van der Waals surface area (Å²) >= 11 is 0. The van der Waals surface area contributed by atoms with Crippen molar-refractivity contribution in [3.05, 3.63) is 36.5 Å². The van der Waals surface area contributed by atoms with Gasteiger partial charge in [0.25, 0.3) is 0 Å². The van der Waals surface area contributed by atoms with Crippen LogP contribution in [0.4, 0.5) is 10.7 Å². The summed E-state index contributed by atoms with van der Waals surface area (Å²) in [5.74, 6) is 1.82. The molecule has 1 saturated heterocycles. The van der Waals surface area contributed by atoms with E-state index in [4.69, 9.17) is 14.5 Å². The topological polar surface area (TPSA) is 76.6 Å². The van der Waals surface area contributed by atoms with E-state index in [-0.39, 0.29) is 6.09 Å². The van der Waals surface area contributed by atoms with Crippen LogP contribution in [0.5, 0.6) is 5.75 Å². The maximum absolute atomic E-state index is 11.8. The van der Waals surface area contributed by atoms with Crippen molar-refractivity contribution in [1.82, 2.24) is 15.3 Å². The molecule has 1 aliphatic heterocycles. The first kappa shape index (κ1) is 19.9. The molecule has 1 atom stereocenters. The van der Waals surface area contributed by atoms with E-state index in [1.54, 1.807) is 13.3 Å². The second-order valence-electron chi connectivity index (χ2n) is 7.93. The van der Waals surface area contributed by atoms with E-state index >= 15 is 0 Å². The highest BCUT2D eigenvalue weighted by Gasteiger charge is 2.26. The molecule has 1 N–H and O–H groups in total. The van der Waals surface area contributed by atoms with Gasteiger partial charge in [0.2, 0.25) is 5.95 Å². The van der Waals surface area contributed by atoms with Gasteiger partial charge in [-0.2, -0.15) is 0 Å². The fourth-order valence-corrected chi connectivity index (χ4v) is 3.23. The summed E-state index contributed by atoms with van der Waals surface area (Å²) < 4.78 is 10.7. The van der Waals surface area contributed by atoms with Gasteiger partial charge in [-0.15, -0.1) is 0 Å². The van der Waals surface area contributed by atoms with Crippen LogP contribution < -0.4 is 15.0 Å². The molecule has 3 rings (SSSR count). The second-order valence-corrected chi connectivity index (χ2v) is 7.93. The number of hydrogen-bond acceptors (Lipinski definition) is 6. The van der Waals surface area contributed by atoms with E-state index in [0.717, 1.165) is 36.5 Å². The zero-order valence-corrected chi connectivity index (χ0v) is 16.9. The number of amides is 1. The molecule has 28 heavy (non-hydrogen) atoms. The summed E-state index contributed by atoms with van der Waals surface area (Å²) in [6, 6.07) is 9.70. The molecule has 2 aromatic rings. The van der Waals surface area contributed by atoms with E-state index in [1.165, 1.54) is 0 Å². The van der Waals surface area contributed by atoms with Gasteiger partial charge in [0.1, 0.15) is 11.4 Å². The fourth-order valence-electron chi connectivity index (χ4n) is 3.23. The lowest BCUT2D eigenvalue weighted by Crippen LogP contribution is -2.36. The highest BCUT2D eigenvalue weighted by molar-refractivity contribution is 5.68. The third kappa shape index (κ3) is 5.12. The predicted molar refractivity (Wildman–Crippen MR) is 109 cm³/mol. The van der Waals surface area contributed by atoms with Crippen molar-refractivity contribution in [3.63, 3.8) is 0 Å². The molecule has 7 nitrogen and oxygen atoms in total. The Morgan fingerprint density at radius 2 is 2.07 bits per heavy atom. The molecule has 0 radical (unpaired) electrons. The molecule has 0 spiro atoms. The van der Waals surface area contributed by atoms with E-state index in [9.17, 15) is 4.79 Å². The normalized spacial score (nSPS) is 16.7. The number of benzene rings is 1. The molecule has 0 saturated carbocycles. The molecule has 0 aliphatic carbocycles. The van der Waals surface area contributed by atoms with Crippen LogP contribution in [-0.2, 0) is 4.74 Å². The van der Waals surface area contributed by atoms with Gasteiger partial charge in [0.15, 0.2) is 0 Å². The van der Waals surface area contributed by atoms with Crippen LogP contribution in [0.3, 0.4) is 0 Å². The van der Waals surface area contributed by atoms with Crippen molar-refractivity contribution < 1.29 is 14.3 Å². The SMILES string of the molecule is COc1ccccc1-c1ccnc(N2CCC(CNC(=O)OC(C)(C)C)C2)n1. The third-order valence-electron chi connectivity index (χ3n) is 4.53. The average Bonchev–Trinajstić information content (AvgIpc) is 3.14. The van der Waals surface area contributed by atoms with Crippen LogP contribution >= 0.6 is 0 Å². The standard InChI is InChI=1S/C21H28N4O3/c1-21(2,3)28-20(26)23-13-15-10-12-25(14-15)19-22-11-9-17(24-19)16-7-5-6-8-18(16)27-4/h5-9,11,15H,10,12-14H2,1-4H3,(H,23,26). The van der Waals surface area contributed by atoms with Crippen molar-refractivity contribution >= 4 is 12.0 Å². The van der Waals surface area contributed by atoms with Crippen LogP contribution in [0.1, 0.15) is 27.2 Å². The lowest BCUT2D eigenvalue weighted by molar-refractivity contribution is 0.0520. The van der Waals surface area contributed by atoms with Crippen LogP contribution in [0.15, 0.2) is 36.5 Å². The molecule has 2 heterocycles. The largest absolute Gasteiger partial charge is 0.496 e. The molecular formula is C21H28N4O3. The number of alkyl carbamates (subject to hydrolysis) is 1. The molecule has 1 aliphatic rings. The minimum atomic E-state index is -0.488. The summed E-state index contributed by atoms with van der Waals surface area (Å²) in [4.78, 5) is 23.2. The summed E-state index contributed by atoms with van der Waals surface area (Å²) in [6.45, 7) is 7.81. The van der Waals surface area contributed by atoms with Crippen molar-refractivity contribution in [3.8, 4) is 17.0 Å². The molecule has 1 fully saturated rings. The Morgan fingerprint density at radius 1 is 1.29 bits per heavy atom. The van der Waals surface area contributed by atoms with E-state index in [0.29, 0.717) is 18.4 Å². The number of para-hydroxylation sites is 1. The van der Waals surface area contributed by atoms with Crippen molar-refractivity contribution in [1.29, 1.82) is 0 Å². The van der Waals surface area contributed by atoms with E-state index < -0.39 is 5.60 Å². The Kier molecular flexibility index (Phi) is 6.02. The zero-order chi connectivity index (χ0) is 20.1. The lowest BCUT2D eigenvalue weighted by Gasteiger charge is -2.21. The Labute approximate surface area is 166 Å². The average molecular weight is 384 g/mol. The molecule has 1 aromatic carbocycles. The van der Waals surface area contributed by atoms with Gasteiger partial charge in [-0.1, -0.05) is 12.1 Å². The van der Waals surface area contributed by atoms with Crippen molar-refractivity contribution in [2.24, 2.45) is 5.92 Å². The number of anilines is 1. The summed E-state index contributed by atoms with van der Waals surface area (Å²) in [6.07, 6.45) is 2.37. The first-order valence-corrected chi connectivity index (χ1v) is 9.54. The lowest BCUT2D eigenvalue weighted by atomic mass is 10.1. The number of methoxy groups -OCH3 is 1. The van der Waals surface area contributed by atoms with Gasteiger partial charge >= 0.3 is 6.09 Å². The highest BCUT2D eigenvalue weighted by Crippen LogP contribution is 2.29. The minimum Gasteiger partial charge on any atom is -0.496 e. The third-order valence-corrected chi connectivity index (χ3v) is 4.53. The molecule has 1 unspecified atom stereocenters. The summed E-state index contributed by atoms with van der Waals surface area (Å²) in [7, 11) is 1.66. The van der Waals surface area contributed by atoms with Gasteiger partial charge in [-0.3, -0.25) is 0 Å². The first-order valence-electron chi connectivity index (χ1n) is 9.54. The maximum atomic E-state index is 11.8. The second kappa shape index (κ2) is 8.46. The monoisotopic (exact) mass is 384 g/mol. The summed E-state index contributed by atoms with van der Waals surface area (Å²) in [5, 5.41) is 2.86. The number of nitrogens with one attached hydrogen (secondary N) is 1. The van der Waals surface area contributed by atoms with E-state index in [2.05, 4.69) is 15.2 Å². The Morgan fingerprint density at radius 3 is 2.82 bits per heavy atom. The number of rotatable bonds is 5. The predicted octanol–water partition coefficient (Wildman–Crippen LogP) is 3.50. The van der Waals surface area contributed by atoms with Crippen LogP contribution in [0.2, 0.25) is 0 Å². The van der Waals surface area contributed by atoms with Gasteiger partial charge in [0.05, 0.1) is 12.8 Å². The van der Waals surface area contributed by atoms with Crippen LogP contribution in [0.25, 0.3) is 11.3 Å². The molecule has 7 heteroatoms. The van der Waals surface area contributed by atoms with Gasteiger partial charge in [-0.25, -0.2) is 14.8 Å². The van der Waals surface area contributed by atoms with Gasteiger partial charge < -0.3 is 19.7 Å². The number of aromatic nitrogens is 2. The van der Waals surface area contributed by atoms with Crippen molar-refractivity contribution in [2.75, 3.05) is 31.6 Å². The minimum absolute atomic E-state index is 0.339. The molecule has 1 aromatic heterocycles. The Hall–Kier alpha value is -2.83. The number of carbonyl (C=O) groups is 1. The number of carbonyl (C=O) groups excluding carboxylic acids is 1. The fraction of sp³-hybridized carbons (Fsp3) is 0.476. The summed E-state index contributed by atoms with van der Waals surface area (Å²) in [5.41, 5.74) is 1.28. The molecule has 0 bridgehead atoms. The van der Waals surface area contributed by atoms with E-state index in [1.807, 2.05) is 51.1 Å². The van der Waals surface area contributed by atoms with Crippen molar-refractivity contribution in [2.45, 2.75) is 32.8 Å². The smallest absolute Gasteiger partial charge is 0.407 e. The quantitative estimate of drug-likeness (QED) is 0.850. The molecular weight excluding hydrogens is 356 g/mol. The van der Waals surface area contributed by atoms with Crippen LogP contribution in [0, 0.1) is 5.92 Å². The first-order chi connectivity index (χ1) is 13.4. The number of hydrogen-bond donors (Lipinski definition) is 1. The van der Waals surface area contributed by atoms with Gasteiger partial charge in [-0.05, 0) is 51.3 Å². The molecule has 150 valence electrons. The van der Waals surface area contributed by atoms with Crippen LogP contribution in [-0.4, -0.2) is 48.4 Å². The Balaban J connectivity index is 1.62. The maximum Gasteiger partial charge on any atom is 0.407 e.